The van der Waals surface area contributed by atoms with Gasteiger partial charge in [-0.15, -0.1) is 4.52 Å². The highest BCUT2D eigenvalue weighted by atomic mass is 32.2. The molecule has 2 atom stereocenters. The third kappa shape index (κ3) is 2.76. The molecule has 0 aliphatic carbocycles. The molecule has 0 spiro atoms. The third-order valence-electron chi connectivity index (χ3n) is 1.03. The summed E-state index contributed by atoms with van der Waals surface area (Å²) in [6, 6.07) is 0. The summed E-state index contributed by atoms with van der Waals surface area (Å²) in [6.45, 7) is 0. The van der Waals surface area contributed by atoms with Gasteiger partial charge in [0.15, 0.2) is 0 Å². The van der Waals surface area contributed by atoms with Crippen molar-refractivity contribution in [1.82, 2.24) is 0 Å². The van der Waals surface area contributed by atoms with Crippen molar-refractivity contribution >= 4 is 18.1 Å². The van der Waals surface area contributed by atoms with E-state index in [1.165, 1.54) is 0 Å². The maximum absolute atomic E-state index is 10.9. The molecule has 0 N–H and O–H groups in total. The molecule has 6 nitrogen and oxygen atoms in total. The minimum absolute atomic E-state index is 0.959. The van der Waals surface area contributed by atoms with E-state index >= 15 is 0 Å². The molecule has 2 unspecified atom stereocenters. The Hall–Kier alpha value is -0.0700. The van der Waals surface area contributed by atoms with Gasteiger partial charge >= 0.3 is 23.3 Å². The zero-order chi connectivity index (χ0) is 9.78. The summed E-state index contributed by atoms with van der Waals surface area (Å²) in [7, 11) is -3.19. The fraction of sp³-hybridized carbons (Fsp3) is 1.00. The average molecular weight is 217 g/mol. The molecule has 0 aromatic rings. The highest BCUT2D eigenvalue weighted by Gasteiger charge is 2.45. The van der Waals surface area contributed by atoms with Gasteiger partial charge in [0.2, 0.25) is 0 Å². The standard InChI is InChI=1S/C4H10O6PS/c1-8-4(11(5)9-2)12(6,7)10-3/h4H,1-3H3/q+1. The van der Waals surface area contributed by atoms with Crippen LogP contribution in [0.2, 0.25) is 0 Å². The largest absolute Gasteiger partial charge is 0.560 e. The Bertz CT molecular complexity index is 246. The van der Waals surface area contributed by atoms with Gasteiger partial charge in [0.25, 0.3) is 0 Å². The zero-order valence-electron chi connectivity index (χ0n) is 6.88. The fourth-order valence-electron chi connectivity index (χ4n) is 0.478. The molecule has 0 saturated carbocycles. The molecule has 0 aromatic heterocycles. The summed E-state index contributed by atoms with van der Waals surface area (Å²) in [5.74, 6) is 0. The van der Waals surface area contributed by atoms with Gasteiger partial charge in [-0.3, -0.25) is 4.18 Å². The van der Waals surface area contributed by atoms with Crippen molar-refractivity contribution in [1.29, 1.82) is 0 Å². The Balaban J connectivity index is 4.68. The fourth-order valence-corrected chi connectivity index (χ4v) is 2.58. The summed E-state index contributed by atoms with van der Waals surface area (Å²) in [5.41, 5.74) is 0. The number of hydrogen-bond donors (Lipinski definition) is 0. The van der Waals surface area contributed by atoms with Crippen molar-refractivity contribution in [3.05, 3.63) is 0 Å². The summed E-state index contributed by atoms with van der Waals surface area (Å²) >= 11 is 0. The first-order chi connectivity index (χ1) is 5.49. The van der Waals surface area contributed by atoms with E-state index in [1.54, 1.807) is 0 Å². The summed E-state index contributed by atoms with van der Waals surface area (Å²) in [6.07, 6.45) is 0. The van der Waals surface area contributed by atoms with E-state index in [2.05, 4.69) is 13.4 Å². The van der Waals surface area contributed by atoms with Crippen LogP contribution in [0, 0.1) is 0 Å². The van der Waals surface area contributed by atoms with Crippen LogP contribution in [0.1, 0.15) is 0 Å². The molecule has 0 rings (SSSR count). The maximum atomic E-state index is 10.9. The normalized spacial score (nSPS) is 15.8. The van der Waals surface area contributed by atoms with Gasteiger partial charge in [-0.1, -0.05) is 0 Å². The Kier molecular flexibility index (Phi) is 4.81. The number of hydrogen-bond acceptors (Lipinski definition) is 6. The molecule has 0 aromatic carbocycles. The van der Waals surface area contributed by atoms with Gasteiger partial charge in [0.05, 0.1) is 14.2 Å². The molecule has 0 amide bonds. The van der Waals surface area contributed by atoms with E-state index in [1.807, 2.05) is 0 Å². The average Bonchev–Trinajstić information content (AvgIpc) is 2.05. The molecular formula is C4H10O6PS+. The maximum Gasteiger partial charge on any atom is 0.560 e. The lowest BCUT2D eigenvalue weighted by molar-refractivity contribution is 0.192. The molecule has 0 aliphatic heterocycles. The predicted octanol–water partition coefficient (Wildman–Crippen LogP) is 0.281. The first-order valence-corrected chi connectivity index (χ1v) is 5.54. The van der Waals surface area contributed by atoms with E-state index in [0.717, 1.165) is 21.3 Å². The smallest absolute Gasteiger partial charge is 0.322 e. The van der Waals surface area contributed by atoms with Gasteiger partial charge in [0.1, 0.15) is 0 Å². The van der Waals surface area contributed by atoms with E-state index < -0.39 is 23.3 Å². The van der Waals surface area contributed by atoms with E-state index in [-0.39, 0.29) is 0 Å². The lowest BCUT2D eigenvalue weighted by Gasteiger charge is -2.01. The SMILES string of the molecule is COC([P+](=O)OC)S(=O)(=O)OC. The first kappa shape index (κ1) is 11.9. The lowest BCUT2D eigenvalue weighted by atomic mass is 11.5. The van der Waals surface area contributed by atoms with Crippen LogP contribution in [0.4, 0.5) is 0 Å². The third-order valence-corrected chi connectivity index (χ3v) is 4.39. The number of methoxy groups -OCH3 is 1. The van der Waals surface area contributed by atoms with Gasteiger partial charge < -0.3 is 4.74 Å². The quantitative estimate of drug-likeness (QED) is 0.486. The first-order valence-electron chi connectivity index (χ1n) is 2.82. The topological polar surface area (TPSA) is 78.9 Å². The lowest BCUT2D eigenvalue weighted by Crippen LogP contribution is -2.21. The second-order valence-corrected chi connectivity index (χ2v) is 5.17. The van der Waals surface area contributed by atoms with Gasteiger partial charge in [-0.25, -0.2) is 0 Å². The molecule has 0 radical (unpaired) electrons. The molecule has 0 bridgehead atoms. The second-order valence-electron chi connectivity index (χ2n) is 1.67. The molecule has 8 heteroatoms. The minimum Gasteiger partial charge on any atom is -0.322 e. The molecular weight excluding hydrogens is 207 g/mol. The highest BCUT2D eigenvalue weighted by molar-refractivity contribution is 7.92. The molecule has 12 heavy (non-hydrogen) atoms. The molecule has 0 fully saturated rings. The van der Waals surface area contributed by atoms with Crippen LogP contribution in [0.25, 0.3) is 0 Å². The van der Waals surface area contributed by atoms with Crippen molar-refractivity contribution < 1.29 is 26.4 Å². The van der Waals surface area contributed by atoms with Gasteiger partial charge in [-0.2, -0.15) is 8.42 Å². The second kappa shape index (κ2) is 4.84. The Morgan fingerprint density at radius 3 is 2.00 bits per heavy atom. The predicted molar refractivity (Wildman–Crippen MR) is 41.3 cm³/mol. The molecule has 0 saturated heterocycles. The van der Waals surface area contributed by atoms with Crippen molar-refractivity contribution in [2.75, 3.05) is 21.3 Å². The van der Waals surface area contributed by atoms with Crippen LogP contribution >= 0.6 is 8.03 Å². The van der Waals surface area contributed by atoms with Crippen LogP contribution in [-0.2, 0) is 28.1 Å². The van der Waals surface area contributed by atoms with Crippen molar-refractivity contribution in [3.8, 4) is 0 Å². The van der Waals surface area contributed by atoms with Crippen LogP contribution in [0.3, 0.4) is 0 Å². The van der Waals surface area contributed by atoms with Crippen molar-refractivity contribution in [2.24, 2.45) is 0 Å². The summed E-state index contributed by atoms with van der Waals surface area (Å²) < 4.78 is 45.6. The molecule has 0 aliphatic rings. The summed E-state index contributed by atoms with van der Waals surface area (Å²) in [4.78, 5) is 0. The van der Waals surface area contributed by atoms with Crippen LogP contribution in [0.15, 0.2) is 0 Å². The number of ether oxygens (including phenoxy) is 1. The van der Waals surface area contributed by atoms with Crippen molar-refractivity contribution in [2.45, 2.75) is 5.18 Å². The van der Waals surface area contributed by atoms with Crippen LogP contribution < -0.4 is 0 Å². The van der Waals surface area contributed by atoms with Gasteiger partial charge in [-0.05, 0) is 4.57 Å². The number of rotatable bonds is 5. The van der Waals surface area contributed by atoms with Gasteiger partial charge in [0, 0.05) is 7.11 Å². The monoisotopic (exact) mass is 217 g/mol. The Labute approximate surface area is 71.8 Å². The van der Waals surface area contributed by atoms with Crippen LogP contribution in [0.5, 0.6) is 0 Å². The molecule has 72 valence electrons. The van der Waals surface area contributed by atoms with Crippen molar-refractivity contribution in [3.63, 3.8) is 0 Å². The minimum atomic E-state index is -3.95. The van der Waals surface area contributed by atoms with E-state index in [9.17, 15) is 13.0 Å². The van der Waals surface area contributed by atoms with E-state index in [4.69, 9.17) is 0 Å². The zero-order valence-corrected chi connectivity index (χ0v) is 8.59. The Morgan fingerprint density at radius 2 is 1.75 bits per heavy atom. The van der Waals surface area contributed by atoms with Crippen LogP contribution in [-0.4, -0.2) is 34.9 Å². The highest BCUT2D eigenvalue weighted by Crippen LogP contribution is 2.32. The molecule has 0 heterocycles. The van der Waals surface area contributed by atoms with E-state index in [0.29, 0.717) is 0 Å². The Morgan fingerprint density at radius 1 is 1.25 bits per heavy atom. The summed E-state index contributed by atoms with van der Waals surface area (Å²) in [5, 5.41) is -1.57.